The van der Waals surface area contributed by atoms with E-state index in [0.717, 1.165) is 23.4 Å². The quantitative estimate of drug-likeness (QED) is 0.313. The van der Waals surface area contributed by atoms with Gasteiger partial charge in [-0.05, 0) is 35.9 Å². The van der Waals surface area contributed by atoms with E-state index >= 15 is 8.78 Å². The van der Waals surface area contributed by atoms with E-state index in [4.69, 9.17) is 20.5 Å². The Hall–Kier alpha value is -4.05. The smallest absolute Gasteiger partial charge is 0.182 e. The molecule has 218 valence electrons. The van der Waals surface area contributed by atoms with Gasteiger partial charge in [0.1, 0.15) is 17.5 Å². The molecule has 2 fully saturated rings. The zero-order valence-electron chi connectivity index (χ0n) is 23.0. The molecule has 0 saturated carbocycles. The second-order valence-electron chi connectivity index (χ2n) is 11.0. The molecule has 0 aliphatic carbocycles. The average molecular weight is 578 g/mol. The van der Waals surface area contributed by atoms with E-state index in [1.54, 1.807) is 29.2 Å². The third kappa shape index (κ3) is 5.19. The highest BCUT2D eigenvalue weighted by Crippen LogP contribution is 2.37. The number of nitrogens with two attached hydrogens (primary N) is 1. The Morgan fingerprint density at radius 1 is 1.17 bits per heavy atom. The zero-order chi connectivity index (χ0) is 29.4. The molecule has 0 amide bonds. The lowest BCUT2D eigenvalue weighted by atomic mass is 9.91. The number of piperidine rings is 1. The summed E-state index contributed by atoms with van der Waals surface area (Å²) in [7, 11) is 0. The van der Waals surface area contributed by atoms with Crippen LogP contribution >= 0.6 is 0 Å². The van der Waals surface area contributed by atoms with Crippen molar-refractivity contribution in [2.45, 2.75) is 37.6 Å². The van der Waals surface area contributed by atoms with Crippen LogP contribution in [0.2, 0.25) is 0 Å². The second kappa shape index (κ2) is 11.3. The maximum absolute atomic E-state index is 15.1. The van der Waals surface area contributed by atoms with Gasteiger partial charge < -0.3 is 20.1 Å². The summed E-state index contributed by atoms with van der Waals surface area (Å²) < 4.78 is 57.4. The number of aromatic nitrogens is 4. The van der Waals surface area contributed by atoms with Crippen molar-refractivity contribution in [1.82, 2.24) is 19.6 Å². The predicted molar refractivity (Wildman–Crippen MR) is 148 cm³/mol. The van der Waals surface area contributed by atoms with Crippen LogP contribution in [0.4, 0.5) is 18.9 Å². The summed E-state index contributed by atoms with van der Waals surface area (Å²) in [6, 6.07) is 8.99. The SMILES string of the molecule is C[C@H]1CN(c2ccncc2Cc2ncc3ccc(-c4c(F)cc(C5(F)COC5)cc4F)nn23)C[C@@H](N)[C@H]1OCCC#N. The monoisotopic (exact) mass is 577 g/mol. The molecule has 5 heterocycles. The average Bonchev–Trinajstić information content (AvgIpc) is 3.35. The van der Waals surface area contributed by atoms with Gasteiger partial charge in [-0.3, -0.25) is 4.98 Å². The van der Waals surface area contributed by atoms with Gasteiger partial charge in [-0.15, -0.1) is 0 Å². The first kappa shape index (κ1) is 28.1. The number of nitrogens with zero attached hydrogens (tertiary/aromatic N) is 6. The molecule has 42 heavy (non-hydrogen) atoms. The van der Waals surface area contributed by atoms with Gasteiger partial charge >= 0.3 is 0 Å². The molecule has 1 aromatic carbocycles. The number of pyridine rings is 1. The lowest BCUT2D eigenvalue weighted by molar-refractivity contribution is -0.135. The third-order valence-electron chi connectivity index (χ3n) is 7.95. The molecule has 4 aromatic rings. The number of hydrogen-bond acceptors (Lipinski definition) is 8. The minimum absolute atomic E-state index is 0.0609. The summed E-state index contributed by atoms with van der Waals surface area (Å²) in [4.78, 5) is 11.1. The molecule has 0 unspecified atom stereocenters. The van der Waals surface area contributed by atoms with Crippen LogP contribution in [-0.4, -0.2) is 64.6 Å². The van der Waals surface area contributed by atoms with Crippen molar-refractivity contribution >= 4 is 11.2 Å². The summed E-state index contributed by atoms with van der Waals surface area (Å²) in [6.45, 7) is 3.23. The number of hydrogen-bond donors (Lipinski definition) is 1. The summed E-state index contributed by atoms with van der Waals surface area (Å²) >= 11 is 0. The van der Waals surface area contributed by atoms with E-state index in [1.165, 1.54) is 6.07 Å². The van der Waals surface area contributed by atoms with Crippen LogP contribution in [0.5, 0.6) is 0 Å². The molecular weight excluding hydrogens is 547 g/mol. The molecular formula is C30H30F3N7O2. The first-order valence-electron chi connectivity index (χ1n) is 13.8. The van der Waals surface area contributed by atoms with Crippen molar-refractivity contribution in [2.75, 3.05) is 37.8 Å². The van der Waals surface area contributed by atoms with Gasteiger partial charge in [0.15, 0.2) is 5.67 Å². The van der Waals surface area contributed by atoms with E-state index in [1.807, 2.05) is 6.07 Å². The number of alkyl halides is 1. The fraction of sp³-hybridized carbons (Fsp3) is 0.400. The van der Waals surface area contributed by atoms with Crippen LogP contribution in [-0.2, 0) is 21.6 Å². The molecule has 3 aromatic heterocycles. The minimum atomic E-state index is -1.89. The number of fused-ring (bicyclic) bond motifs is 1. The maximum atomic E-state index is 15.1. The normalized spacial score (nSPS) is 21.7. The Kier molecular flexibility index (Phi) is 7.57. The minimum Gasteiger partial charge on any atom is -0.375 e. The molecule has 0 radical (unpaired) electrons. The number of benzene rings is 1. The Morgan fingerprint density at radius 2 is 1.95 bits per heavy atom. The molecule has 2 saturated heterocycles. The molecule has 9 nitrogen and oxygen atoms in total. The number of rotatable bonds is 8. The van der Waals surface area contributed by atoms with Crippen LogP contribution in [0.25, 0.3) is 16.8 Å². The van der Waals surface area contributed by atoms with Gasteiger partial charge in [-0.1, -0.05) is 6.92 Å². The van der Waals surface area contributed by atoms with Gasteiger partial charge in [0.2, 0.25) is 0 Å². The van der Waals surface area contributed by atoms with Crippen molar-refractivity contribution in [3.63, 3.8) is 0 Å². The largest absolute Gasteiger partial charge is 0.375 e. The van der Waals surface area contributed by atoms with Gasteiger partial charge in [-0.2, -0.15) is 10.4 Å². The van der Waals surface area contributed by atoms with Crippen molar-refractivity contribution in [1.29, 1.82) is 5.26 Å². The van der Waals surface area contributed by atoms with Crippen molar-refractivity contribution < 1.29 is 22.6 Å². The van der Waals surface area contributed by atoms with Crippen molar-refractivity contribution in [2.24, 2.45) is 11.7 Å². The first-order chi connectivity index (χ1) is 20.3. The van der Waals surface area contributed by atoms with Crippen molar-refractivity contribution in [3.05, 3.63) is 77.5 Å². The Labute approximate surface area is 240 Å². The summed E-state index contributed by atoms with van der Waals surface area (Å²) in [5, 5.41) is 13.4. The zero-order valence-corrected chi connectivity index (χ0v) is 23.0. The highest BCUT2D eigenvalue weighted by atomic mass is 19.1. The molecule has 2 aliphatic heterocycles. The topological polar surface area (TPSA) is 115 Å². The molecule has 12 heteroatoms. The van der Waals surface area contributed by atoms with E-state index in [0.29, 0.717) is 43.9 Å². The summed E-state index contributed by atoms with van der Waals surface area (Å²) in [6.07, 6.45) is 5.65. The number of anilines is 1. The third-order valence-corrected chi connectivity index (χ3v) is 7.95. The lowest BCUT2D eigenvalue weighted by Crippen LogP contribution is -2.57. The maximum Gasteiger partial charge on any atom is 0.182 e. The van der Waals surface area contributed by atoms with E-state index in [9.17, 15) is 4.39 Å². The predicted octanol–water partition coefficient (Wildman–Crippen LogP) is 3.94. The van der Waals surface area contributed by atoms with Crippen LogP contribution in [0.15, 0.2) is 48.9 Å². The second-order valence-corrected chi connectivity index (χ2v) is 11.0. The standard InChI is InChI=1S/C30H30F3N7O2/c1-18-14-39(15-24(35)29(18)42-8-2-6-34)26-5-7-36-12-19(26)9-27-37-13-21-3-4-25(38-40(21)27)28-22(31)10-20(11-23(28)32)30(33)16-41-17-30/h3-5,7,10-13,18,24,29H,2,8-9,14-17,35H2,1H3/t18-,24+,29-/m0/s1. The van der Waals surface area contributed by atoms with Gasteiger partial charge in [0, 0.05) is 55.1 Å². The molecule has 6 rings (SSSR count). The van der Waals surface area contributed by atoms with Crippen LogP contribution < -0.4 is 10.6 Å². The molecule has 3 atom stereocenters. The Balaban J connectivity index is 1.27. The molecule has 2 N–H and O–H groups in total. The van der Waals surface area contributed by atoms with Crippen LogP contribution in [0, 0.1) is 28.9 Å². The van der Waals surface area contributed by atoms with Gasteiger partial charge in [0.25, 0.3) is 0 Å². The van der Waals surface area contributed by atoms with Crippen LogP contribution in [0.1, 0.15) is 30.3 Å². The highest BCUT2D eigenvalue weighted by Gasteiger charge is 2.42. The van der Waals surface area contributed by atoms with Crippen LogP contribution in [0.3, 0.4) is 0 Å². The Bertz CT molecular complexity index is 1620. The summed E-state index contributed by atoms with van der Waals surface area (Å²) in [5.41, 5.74) is 6.73. The van der Waals surface area contributed by atoms with Gasteiger partial charge in [-0.25, -0.2) is 22.7 Å². The highest BCUT2D eigenvalue weighted by molar-refractivity contribution is 5.64. The summed E-state index contributed by atoms with van der Waals surface area (Å²) in [5.74, 6) is -1.12. The van der Waals surface area contributed by atoms with Gasteiger partial charge in [0.05, 0.1) is 61.4 Å². The number of ether oxygens (including phenoxy) is 2. The molecule has 2 aliphatic rings. The fourth-order valence-electron chi connectivity index (χ4n) is 5.78. The molecule has 0 bridgehead atoms. The number of imidazole rings is 1. The fourth-order valence-corrected chi connectivity index (χ4v) is 5.78. The Morgan fingerprint density at radius 3 is 2.64 bits per heavy atom. The van der Waals surface area contributed by atoms with E-state index in [-0.39, 0.29) is 48.1 Å². The van der Waals surface area contributed by atoms with E-state index in [2.05, 4.69) is 33.0 Å². The number of nitriles is 1. The van der Waals surface area contributed by atoms with E-state index < -0.39 is 17.3 Å². The number of halogens is 3. The van der Waals surface area contributed by atoms with Crippen molar-refractivity contribution in [3.8, 4) is 17.3 Å². The lowest BCUT2D eigenvalue weighted by Gasteiger charge is -2.42. The molecule has 0 spiro atoms. The first-order valence-corrected chi connectivity index (χ1v) is 13.8.